The molecule has 0 unspecified atom stereocenters. The van der Waals surface area contributed by atoms with E-state index in [1.165, 1.54) is 77.0 Å². The molecule has 0 spiro atoms. The summed E-state index contributed by atoms with van der Waals surface area (Å²) in [6.45, 7) is 8.65. The molecule has 0 aromatic rings. The fourth-order valence-corrected chi connectivity index (χ4v) is 3.19. The van der Waals surface area contributed by atoms with Gasteiger partial charge in [0, 0.05) is 5.25 Å². The van der Waals surface area contributed by atoms with E-state index in [0.29, 0.717) is 0 Å². The first-order valence-corrected chi connectivity index (χ1v) is 9.88. The summed E-state index contributed by atoms with van der Waals surface area (Å²) in [7, 11) is 0. The summed E-state index contributed by atoms with van der Waals surface area (Å²) in [6.07, 6.45) is 17.4. The number of hydrogen-bond donors (Lipinski definition) is 1. The third kappa shape index (κ3) is 12.1. The van der Waals surface area contributed by atoms with E-state index in [9.17, 15) is 0 Å². The second-order valence-electron chi connectivity index (χ2n) is 6.72. The Bertz CT molecular complexity index is 174. The minimum Gasteiger partial charge on any atom is -0.176 e. The van der Waals surface area contributed by atoms with Crippen LogP contribution in [0.2, 0.25) is 0 Å². The number of hydrogen-bond acceptors (Lipinski definition) is 1. The number of thiol groups is 1. The van der Waals surface area contributed by atoms with Crippen molar-refractivity contribution < 1.29 is 0 Å². The quantitative estimate of drug-likeness (QED) is 0.446. The van der Waals surface area contributed by atoms with Gasteiger partial charge in [0.2, 0.25) is 0 Å². The first-order chi connectivity index (χ1) is 9.68. The molecule has 3 saturated carbocycles. The molecular formula is C19H40S. The highest BCUT2D eigenvalue weighted by Crippen LogP contribution is 2.24. The molecule has 3 aliphatic rings. The van der Waals surface area contributed by atoms with Crippen LogP contribution in [-0.4, -0.2) is 5.25 Å². The molecule has 3 aliphatic carbocycles. The van der Waals surface area contributed by atoms with Crippen molar-refractivity contribution in [3.05, 3.63) is 0 Å². The molecule has 0 nitrogen and oxygen atoms in total. The molecule has 3 rings (SSSR count). The maximum absolute atomic E-state index is 4.36. The van der Waals surface area contributed by atoms with E-state index in [1.807, 2.05) is 13.8 Å². The van der Waals surface area contributed by atoms with Crippen molar-refractivity contribution in [2.45, 2.75) is 110 Å². The summed E-state index contributed by atoms with van der Waals surface area (Å²) in [4.78, 5) is 0. The molecule has 20 heavy (non-hydrogen) atoms. The van der Waals surface area contributed by atoms with Crippen LogP contribution in [0.3, 0.4) is 0 Å². The SMILES string of the molecule is CC.CC1CCC1.CC1CCCC1.SC1CCCCC1. The summed E-state index contributed by atoms with van der Waals surface area (Å²) in [5.74, 6) is 2.11. The van der Waals surface area contributed by atoms with Crippen molar-refractivity contribution in [3.8, 4) is 0 Å². The topological polar surface area (TPSA) is 0 Å². The monoisotopic (exact) mass is 300 g/mol. The normalized spacial score (nSPS) is 23.2. The average Bonchev–Trinajstić information content (AvgIpc) is 2.92. The van der Waals surface area contributed by atoms with E-state index in [2.05, 4.69) is 26.5 Å². The summed E-state index contributed by atoms with van der Waals surface area (Å²) < 4.78 is 0. The van der Waals surface area contributed by atoms with Gasteiger partial charge in [-0.15, -0.1) is 0 Å². The van der Waals surface area contributed by atoms with Crippen molar-refractivity contribution in [3.63, 3.8) is 0 Å². The van der Waals surface area contributed by atoms with Crippen molar-refractivity contribution in [1.82, 2.24) is 0 Å². The summed E-state index contributed by atoms with van der Waals surface area (Å²) in [5, 5.41) is 0.730. The van der Waals surface area contributed by atoms with Gasteiger partial charge < -0.3 is 0 Å². The van der Waals surface area contributed by atoms with Gasteiger partial charge in [-0.05, 0) is 24.7 Å². The predicted octanol–water partition coefficient (Wildman–Crippen LogP) is 7.28. The lowest BCUT2D eigenvalue weighted by atomic mass is 9.88. The van der Waals surface area contributed by atoms with Gasteiger partial charge in [0.15, 0.2) is 0 Å². The van der Waals surface area contributed by atoms with Crippen LogP contribution in [0.15, 0.2) is 0 Å². The van der Waals surface area contributed by atoms with Crippen molar-refractivity contribution >= 4 is 12.6 Å². The van der Waals surface area contributed by atoms with Gasteiger partial charge in [0.05, 0.1) is 0 Å². The van der Waals surface area contributed by atoms with Gasteiger partial charge in [-0.1, -0.05) is 91.9 Å². The smallest absolute Gasteiger partial charge is 0.00168 e. The highest BCUT2D eigenvalue weighted by atomic mass is 32.1. The van der Waals surface area contributed by atoms with Crippen molar-refractivity contribution in [2.24, 2.45) is 11.8 Å². The Labute approximate surface area is 134 Å². The molecule has 0 saturated heterocycles. The van der Waals surface area contributed by atoms with E-state index in [-0.39, 0.29) is 0 Å². The summed E-state index contributed by atoms with van der Waals surface area (Å²) in [6, 6.07) is 0. The zero-order valence-corrected chi connectivity index (χ0v) is 15.6. The molecule has 0 bridgehead atoms. The van der Waals surface area contributed by atoms with Crippen LogP contribution < -0.4 is 0 Å². The molecule has 0 radical (unpaired) electrons. The molecule has 0 aromatic heterocycles. The largest absolute Gasteiger partial charge is 0.176 e. The summed E-state index contributed by atoms with van der Waals surface area (Å²) in [5.41, 5.74) is 0. The molecule has 0 atom stereocenters. The Kier molecular flexibility index (Phi) is 14.5. The second-order valence-corrected chi connectivity index (χ2v) is 7.45. The van der Waals surface area contributed by atoms with E-state index in [1.54, 1.807) is 0 Å². The van der Waals surface area contributed by atoms with Gasteiger partial charge >= 0.3 is 0 Å². The first kappa shape index (κ1) is 20.3. The Morgan fingerprint density at radius 2 is 0.900 bits per heavy atom. The Morgan fingerprint density at radius 1 is 0.550 bits per heavy atom. The van der Waals surface area contributed by atoms with Crippen LogP contribution in [-0.2, 0) is 0 Å². The fourth-order valence-electron chi connectivity index (χ4n) is 2.82. The minimum absolute atomic E-state index is 0.730. The molecule has 0 amide bonds. The van der Waals surface area contributed by atoms with Gasteiger partial charge in [0.25, 0.3) is 0 Å². The van der Waals surface area contributed by atoms with Crippen LogP contribution >= 0.6 is 12.6 Å². The molecule has 0 N–H and O–H groups in total. The molecule has 1 heteroatoms. The van der Waals surface area contributed by atoms with Gasteiger partial charge in [0.1, 0.15) is 0 Å². The molecule has 3 fully saturated rings. The minimum atomic E-state index is 0.730. The lowest BCUT2D eigenvalue weighted by Crippen LogP contribution is -2.04. The van der Waals surface area contributed by atoms with Crippen LogP contribution in [0.5, 0.6) is 0 Å². The van der Waals surface area contributed by atoms with Gasteiger partial charge in [-0.3, -0.25) is 0 Å². The maximum atomic E-state index is 4.36. The zero-order valence-electron chi connectivity index (χ0n) is 14.7. The second kappa shape index (κ2) is 14.3. The third-order valence-corrected chi connectivity index (χ3v) is 5.13. The standard InChI is InChI=1S/C6H12S.C6H12.C5H10.C2H6/c7-6-4-2-1-3-5-6;1-6-4-2-3-5-6;1-5-3-2-4-5;1-2/h6-7H,1-5H2;6H,2-5H2,1H3;5H,2-4H2,1H3;1-2H3. The van der Waals surface area contributed by atoms with Gasteiger partial charge in [-0.2, -0.15) is 12.6 Å². The molecule has 122 valence electrons. The highest BCUT2D eigenvalue weighted by Gasteiger charge is 2.09. The van der Waals surface area contributed by atoms with Crippen molar-refractivity contribution in [2.75, 3.05) is 0 Å². The average molecular weight is 301 g/mol. The summed E-state index contributed by atoms with van der Waals surface area (Å²) >= 11 is 4.36. The van der Waals surface area contributed by atoms with Crippen LogP contribution in [0.1, 0.15) is 105 Å². The molecule has 0 aliphatic heterocycles. The van der Waals surface area contributed by atoms with Crippen molar-refractivity contribution in [1.29, 1.82) is 0 Å². The van der Waals surface area contributed by atoms with Crippen LogP contribution in [0, 0.1) is 11.8 Å². The first-order valence-electron chi connectivity index (χ1n) is 9.36. The van der Waals surface area contributed by atoms with Gasteiger partial charge in [-0.25, -0.2) is 0 Å². The number of rotatable bonds is 0. The zero-order chi connectivity index (χ0) is 15.2. The lowest BCUT2D eigenvalue weighted by molar-refractivity contribution is 0.346. The molecule has 0 heterocycles. The fraction of sp³-hybridized carbons (Fsp3) is 1.00. The molecule has 0 aromatic carbocycles. The molecular weight excluding hydrogens is 260 g/mol. The van der Waals surface area contributed by atoms with Crippen LogP contribution in [0.4, 0.5) is 0 Å². The Hall–Kier alpha value is 0.350. The van der Waals surface area contributed by atoms with E-state index in [4.69, 9.17) is 0 Å². The van der Waals surface area contributed by atoms with E-state index in [0.717, 1.165) is 17.1 Å². The Morgan fingerprint density at radius 3 is 1.05 bits per heavy atom. The Balaban J connectivity index is 0.000000258. The third-order valence-electron chi connectivity index (χ3n) is 4.61. The lowest BCUT2D eigenvalue weighted by Gasteiger charge is -2.18. The predicted molar refractivity (Wildman–Crippen MR) is 97.9 cm³/mol. The van der Waals surface area contributed by atoms with Crippen LogP contribution in [0.25, 0.3) is 0 Å². The highest BCUT2D eigenvalue weighted by molar-refractivity contribution is 7.80. The van der Waals surface area contributed by atoms with E-state index < -0.39 is 0 Å². The maximum Gasteiger partial charge on any atom is 0.00168 e. The van der Waals surface area contributed by atoms with E-state index >= 15 is 0 Å².